The summed E-state index contributed by atoms with van der Waals surface area (Å²) in [7, 11) is 1.64. The highest BCUT2D eigenvalue weighted by molar-refractivity contribution is 5.79. The van der Waals surface area contributed by atoms with E-state index in [2.05, 4.69) is 0 Å². The third-order valence-electron chi connectivity index (χ3n) is 5.99. The number of carbonyl (C=O) groups is 1. The second-order valence-electron chi connectivity index (χ2n) is 8.03. The number of hydrogen-bond donors (Lipinski definition) is 0. The Morgan fingerprint density at radius 3 is 2.50 bits per heavy atom. The summed E-state index contributed by atoms with van der Waals surface area (Å²) >= 11 is 0. The molecule has 7 heteroatoms. The van der Waals surface area contributed by atoms with E-state index < -0.39 is 4.92 Å². The lowest BCUT2D eigenvalue weighted by molar-refractivity contribution is -0.384. The molecule has 0 N–H and O–H groups in total. The molecule has 1 aliphatic carbocycles. The van der Waals surface area contributed by atoms with Crippen molar-refractivity contribution in [3.63, 3.8) is 0 Å². The Morgan fingerprint density at radius 1 is 1.10 bits per heavy atom. The van der Waals surface area contributed by atoms with Crippen molar-refractivity contribution < 1.29 is 19.2 Å². The van der Waals surface area contributed by atoms with Crippen molar-refractivity contribution in [2.24, 2.45) is 0 Å². The number of ether oxygens (including phenoxy) is 2. The predicted octanol–water partition coefficient (Wildman–Crippen LogP) is 4.44. The second kappa shape index (κ2) is 8.73. The van der Waals surface area contributed by atoms with Gasteiger partial charge in [-0.25, -0.2) is 0 Å². The van der Waals surface area contributed by atoms with Gasteiger partial charge in [0.1, 0.15) is 0 Å². The van der Waals surface area contributed by atoms with E-state index in [9.17, 15) is 14.9 Å². The van der Waals surface area contributed by atoms with Gasteiger partial charge in [-0.1, -0.05) is 18.2 Å². The molecule has 1 saturated heterocycles. The average molecular weight is 410 g/mol. The minimum absolute atomic E-state index is 0.0531. The van der Waals surface area contributed by atoms with E-state index in [-0.39, 0.29) is 23.6 Å². The molecule has 7 nitrogen and oxygen atoms in total. The second-order valence-corrected chi connectivity index (χ2v) is 8.03. The van der Waals surface area contributed by atoms with Crippen molar-refractivity contribution in [2.45, 2.75) is 50.7 Å². The molecule has 158 valence electrons. The van der Waals surface area contributed by atoms with Crippen molar-refractivity contribution in [2.75, 3.05) is 13.7 Å². The number of carbonyl (C=O) groups excluding carboxylic acids is 1. The largest absolute Gasteiger partial charge is 0.493 e. The van der Waals surface area contributed by atoms with Gasteiger partial charge in [-0.2, -0.15) is 0 Å². The SMILES string of the molecule is COc1ccc([C@H]2CC(=O)N(Cc3ccc([N+](=O)[O-])cc3)C2)cc1OC1CCCC1. The third-order valence-corrected chi connectivity index (χ3v) is 5.99. The van der Waals surface area contributed by atoms with Gasteiger partial charge in [0.25, 0.3) is 5.69 Å². The van der Waals surface area contributed by atoms with Gasteiger partial charge in [-0.3, -0.25) is 14.9 Å². The summed E-state index contributed by atoms with van der Waals surface area (Å²) in [6.07, 6.45) is 5.21. The highest BCUT2D eigenvalue weighted by atomic mass is 16.6. The number of nitro benzene ring substituents is 1. The van der Waals surface area contributed by atoms with Gasteiger partial charge >= 0.3 is 0 Å². The smallest absolute Gasteiger partial charge is 0.269 e. The van der Waals surface area contributed by atoms with Crippen LogP contribution in [0.3, 0.4) is 0 Å². The molecule has 1 amide bonds. The molecule has 0 unspecified atom stereocenters. The van der Waals surface area contributed by atoms with Gasteiger partial charge in [0.15, 0.2) is 11.5 Å². The molecule has 1 heterocycles. The van der Waals surface area contributed by atoms with E-state index in [1.807, 2.05) is 23.1 Å². The molecule has 1 atom stereocenters. The minimum atomic E-state index is -0.421. The van der Waals surface area contributed by atoms with Crippen LogP contribution in [0.1, 0.15) is 49.1 Å². The molecule has 0 aromatic heterocycles. The zero-order valence-corrected chi connectivity index (χ0v) is 17.1. The van der Waals surface area contributed by atoms with Gasteiger partial charge in [-0.15, -0.1) is 0 Å². The van der Waals surface area contributed by atoms with Crippen LogP contribution in [0, 0.1) is 10.1 Å². The molecule has 2 aliphatic rings. The maximum Gasteiger partial charge on any atom is 0.269 e. The summed E-state index contributed by atoms with van der Waals surface area (Å²) in [5.74, 6) is 1.65. The first-order valence-corrected chi connectivity index (χ1v) is 10.4. The molecule has 0 spiro atoms. The number of benzene rings is 2. The Hall–Kier alpha value is -3.09. The Morgan fingerprint density at radius 2 is 1.83 bits per heavy atom. The Kier molecular flexibility index (Phi) is 5.88. The van der Waals surface area contributed by atoms with Crippen molar-refractivity contribution >= 4 is 11.6 Å². The first-order chi connectivity index (χ1) is 14.5. The van der Waals surface area contributed by atoms with Crippen molar-refractivity contribution in [3.05, 3.63) is 63.7 Å². The fourth-order valence-corrected chi connectivity index (χ4v) is 4.32. The van der Waals surface area contributed by atoms with Gasteiger partial charge in [0, 0.05) is 37.6 Å². The number of nitro groups is 1. The normalized spacial score (nSPS) is 19.3. The standard InChI is InChI=1S/C23H26N2O5/c1-29-21-11-8-17(12-22(21)30-20-4-2-3-5-20)18-13-23(26)24(15-18)14-16-6-9-19(10-7-16)25(27)28/h6-12,18,20H,2-5,13-15H2,1H3/t18-/m0/s1. The number of non-ortho nitro benzene ring substituents is 1. The summed E-state index contributed by atoms with van der Waals surface area (Å²) in [5, 5.41) is 10.8. The first-order valence-electron chi connectivity index (χ1n) is 10.4. The number of methoxy groups -OCH3 is 1. The summed E-state index contributed by atoms with van der Waals surface area (Å²) in [6.45, 7) is 1.07. The highest BCUT2D eigenvalue weighted by Gasteiger charge is 2.31. The fourth-order valence-electron chi connectivity index (χ4n) is 4.32. The lowest BCUT2D eigenvalue weighted by Crippen LogP contribution is -2.24. The third kappa shape index (κ3) is 4.40. The number of amides is 1. The van der Waals surface area contributed by atoms with Gasteiger partial charge in [-0.05, 0) is 48.9 Å². The minimum Gasteiger partial charge on any atom is -0.493 e. The lowest BCUT2D eigenvalue weighted by Gasteiger charge is -2.19. The van der Waals surface area contributed by atoms with Crippen LogP contribution in [0.5, 0.6) is 11.5 Å². The molecular formula is C23H26N2O5. The van der Waals surface area contributed by atoms with E-state index >= 15 is 0 Å². The zero-order chi connectivity index (χ0) is 21.1. The van der Waals surface area contributed by atoms with E-state index in [0.29, 0.717) is 19.5 Å². The first kappa shape index (κ1) is 20.2. The summed E-state index contributed by atoms with van der Waals surface area (Å²) in [5.41, 5.74) is 2.01. The number of hydrogen-bond acceptors (Lipinski definition) is 5. The Labute approximate surface area is 175 Å². The molecule has 2 aromatic carbocycles. The molecule has 2 aromatic rings. The van der Waals surface area contributed by atoms with Gasteiger partial charge < -0.3 is 14.4 Å². The zero-order valence-electron chi connectivity index (χ0n) is 17.1. The topological polar surface area (TPSA) is 81.9 Å². The number of nitrogens with zero attached hydrogens (tertiary/aromatic N) is 2. The molecule has 4 rings (SSSR count). The molecule has 0 radical (unpaired) electrons. The van der Waals surface area contributed by atoms with E-state index in [1.165, 1.54) is 25.0 Å². The van der Waals surface area contributed by atoms with Crippen molar-refractivity contribution in [1.29, 1.82) is 0 Å². The molecule has 0 bridgehead atoms. The van der Waals surface area contributed by atoms with Crippen LogP contribution >= 0.6 is 0 Å². The summed E-state index contributed by atoms with van der Waals surface area (Å²) in [6, 6.07) is 12.3. The van der Waals surface area contributed by atoms with Crippen LogP contribution in [0.4, 0.5) is 5.69 Å². The molecule has 2 fully saturated rings. The van der Waals surface area contributed by atoms with Crippen LogP contribution in [0.2, 0.25) is 0 Å². The predicted molar refractivity (Wildman–Crippen MR) is 112 cm³/mol. The summed E-state index contributed by atoms with van der Waals surface area (Å²) in [4.78, 5) is 24.8. The maximum absolute atomic E-state index is 12.6. The number of rotatable bonds is 7. The molecule has 30 heavy (non-hydrogen) atoms. The van der Waals surface area contributed by atoms with E-state index in [4.69, 9.17) is 9.47 Å². The van der Waals surface area contributed by atoms with E-state index in [0.717, 1.165) is 35.5 Å². The highest BCUT2D eigenvalue weighted by Crippen LogP contribution is 2.37. The van der Waals surface area contributed by atoms with E-state index in [1.54, 1.807) is 19.2 Å². The average Bonchev–Trinajstić information content (AvgIpc) is 3.38. The van der Waals surface area contributed by atoms with Crippen molar-refractivity contribution in [1.82, 2.24) is 4.90 Å². The van der Waals surface area contributed by atoms with Gasteiger partial charge in [0.05, 0.1) is 18.1 Å². The van der Waals surface area contributed by atoms with Crippen LogP contribution < -0.4 is 9.47 Å². The van der Waals surface area contributed by atoms with Crippen LogP contribution in [-0.4, -0.2) is 35.5 Å². The molecular weight excluding hydrogens is 384 g/mol. The number of likely N-dealkylation sites (tertiary alicyclic amines) is 1. The fraction of sp³-hybridized carbons (Fsp3) is 0.435. The monoisotopic (exact) mass is 410 g/mol. The van der Waals surface area contributed by atoms with Gasteiger partial charge in [0.2, 0.25) is 5.91 Å². The molecule has 1 saturated carbocycles. The molecule has 1 aliphatic heterocycles. The Bertz CT molecular complexity index is 922. The van der Waals surface area contributed by atoms with Crippen LogP contribution in [-0.2, 0) is 11.3 Å². The van der Waals surface area contributed by atoms with Crippen LogP contribution in [0.15, 0.2) is 42.5 Å². The quantitative estimate of drug-likeness (QED) is 0.498. The maximum atomic E-state index is 12.6. The summed E-state index contributed by atoms with van der Waals surface area (Å²) < 4.78 is 11.7. The van der Waals surface area contributed by atoms with Crippen molar-refractivity contribution in [3.8, 4) is 11.5 Å². The van der Waals surface area contributed by atoms with Crippen LogP contribution in [0.25, 0.3) is 0 Å². The Balaban J connectivity index is 1.45. The lowest BCUT2D eigenvalue weighted by atomic mass is 9.98.